The molecule has 0 saturated carbocycles. The molecule has 0 aliphatic rings. The van der Waals surface area contributed by atoms with Gasteiger partial charge in [0.1, 0.15) is 18.0 Å². The molecule has 1 heterocycles. The zero-order chi connectivity index (χ0) is 24.0. The van der Waals surface area contributed by atoms with Gasteiger partial charge < -0.3 is 15.4 Å². The Morgan fingerprint density at radius 2 is 1.97 bits per heavy atom. The number of para-hydroxylation sites is 1. The third-order valence-electron chi connectivity index (χ3n) is 4.49. The molecule has 0 radical (unpaired) electrons. The summed E-state index contributed by atoms with van der Waals surface area (Å²) in [5.41, 5.74) is 0.928. The van der Waals surface area contributed by atoms with E-state index in [0.717, 1.165) is 23.0 Å². The lowest BCUT2D eigenvalue weighted by molar-refractivity contribution is -0.384. The Bertz CT molecular complexity index is 1270. The summed E-state index contributed by atoms with van der Waals surface area (Å²) in [5.74, 6) is 0.0596. The Labute approximate surface area is 194 Å². The number of carbonyl (C=O) groups is 1. The SMILES string of the molecule is Cc1nc(COc2ccccc2C(=O)NCCNc2ccc(S(C)(=O)=O)cc2[N+](=O)[O-])cs1. The largest absolute Gasteiger partial charge is 0.486 e. The van der Waals surface area contributed by atoms with E-state index in [1.165, 1.54) is 23.5 Å². The Kier molecular flexibility index (Phi) is 7.61. The van der Waals surface area contributed by atoms with Crippen molar-refractivity contribution in [1.29, 1.82) is 0 Å². The van der Waals surface area contributed by atoms with E-state index >= 15 is 0 Å². The van der Waals surface area contributed by atoms with Crippen LogP contribution in [0.2, 0.25) is 0 Å². The maximum Gasteiger partial charge on any atom is 0.293 e. The average molecular weight is 491 g/mol. The van der Waals surface area contributed by atoms with Crippen molar-refractivity contribution in [3.8, 4) is 5.75 Å². The fraction of sp³-hybridized carbons (Fsp3) is 0.238. The first kappa shape index (κ1) is 24.1. The third kappa shape index (κ3) is 6.49. The number of nitrogens with zero attached hydrogens (tertiary/aromatic N) is 2. The number of hydrogen-bond acceptors (Lipinski definition) is 9. The highest BCUT2D eigenvalue weighted by molar-refractivity contribution is 7.90. The summed E-state index contributed by atoms with van der Waals surface area (Å²) in [6, 6.07) is 10.4. The summed E-state index contributed by atoms with van der Waals surface area (Å²) < 4.78 is 29.0. The van der Waals surface area contributed by atoms with Crippen molar-refractivity contribution < 1.29 is 22.9 Å². The van der Waals surface area contributed by atoms with E-state index in [-0.39, 0.29) is 41.9 Å². The fourth-order valence-electron chi connectivity index (χ4n) is 2.92. The van der Waals surface area contributed by atoms with Crippen molar-refractivity contribution >= 4 is 38.5 Å². The molecule has 2 N–H and O–H groups in total. The topological polar surface area (TPSA) is 141 Å². The van der Waals surface area contributed by atoms with Crippen LogP contribution >= 0.6 is 11.3 Å². The van der Waals surface area contributed by atoms with E-state index < -0.39 is 14.8 Å². The van der Waals surface area contributed by atoms with Gasteiger partial charge in [-0.2, -0.15) is 0 Å². The van der Waals surface area contributed by atoms with Crippen molar-refractivity contribution in [2.24, 2.45) is 0 Å². The van der Waals surface area contributed by atoms with Crippen LogP contribution in [0.25, 0.3) is 0 Å². The molecule has 2 aromatic carbocycles. The Morgan fingerprint density at radius 3 is 2.64 bits per heavy atom. The summed E-state index contributed by atoms with van der Waals surface area (Å²) in [6.07, 6.45) is 0.980. The van der Waals surface area contributed by atoms with Gasteiger partial charge in [-0.15, -0.1) is 11.3 Å². The Balaban J connectivity index is 1.58. The summed E-state index contributed by atoms with van der Waals surface area (Å²) in [6.45, 7) is 2.50. The van der Waals surface area contributed by atoms with Gasteiger partial charge in [0.25, 0.3) is 11.6 Å². The summed E-state index contributed by atoms with van der Waals surface area (Å²) in [7, 11) is -3.57. The molecular weight excluding hydrogens is 468 g/mol. The number of anilines is 1. The molecule has 1 aromatic heterocycles. The van der Waals surface area contributed by atoms with Gasteiger partial charge in [-0.1, -0.05) is 12.1 Å². The molecule has 0 unspecified atom stereocenters. The quantitative estimate of drug-likeness (QED) is 0.251. The number of benzene rings is 2. The minimum absolute atomic E-state index is 0.141. The minimum Gasteiger partial charge on any atom is -0.486 e. The zero-order valence-electron chi connectivity index (χ0n) is 17.9. The first-order valence-electron chi connectivity index (χ1n) is 9.78. The number of sulfone groups is 1. The van der Waals surface area contributed by atoms with Gasteiger partial charge in [0, 0.05) is 30.8 Å². The molecule has 3 rings (SSSR count). The Hall–Kier alpha value is -3.51. The van der Waals surface area contributed by atoms with Gasteiger partial charge in [0.2, 0.25) is 0 Å². The number of nitro benzene ring substituents is 1. The average Bonchev–Trinajstić information content (AvgIpc) is 3.19. The lowest BCUT2D eigenvalue weighted by Crippen LogP contribution is -2.29. The van der Waals surface area contributed by atoms with Crippen LogP contribution in [-0.4, -0.2) is 43.6 Å². The number of amides is 1. The van der Waals surface area contributed by atoms with E-state index in [0.29, 0.717) is 11.3 Å². The number of thiazole rings is 1. The number of nitro groups is 1. The van der Waals surface area contributed by atoms with Gasteiger partial charge in [0.05, 0.1) is 26.1 Å². The molecule has 12 heteroatoms. The summed E-state index contributed by atoms with van der Waals surface area (Å²) in [5, 5.41) is 19.7. The van der Waals surface area contributed by atoms with Gasteiger partial charge >= 0.3 is 0 Å². The predicted molar refractivity (Wildman–Crippen MR) is 125 cm³/mol. The number of carbonyl (C=O) groups excluding carboxylic acids is 1. The number of rotatable bonds is 10. The second-order valence-corrected chi connectivity index (χ2v) is 10.1. The van der Waals surface area contributed by atoms with Crippen LogP contribution in [-0.2, 0) is 16.4 Å². The van der Waals surface area contributed by atoms with E-state index in [9.17, 15) is 23.3 Å². The predicted octanol–water partition coefficient (Wildman–Crippen LogP) is 3.18. The molecule has 0 fully saturated rings. The molecule has 0 saturated heterocycles. The van der Waals surface area contributed by atoms with Crippen LogP contribution in [0.4, 0.5) is 11.4 Å². The van der Waals surface area contributed by atoms with Gasteiger partial charge in [-0.3, -0.25) is 14.9 Å². The second-order valence-electron chi connectivity index (χ2n) is 7.03. The van der Waals surface area contributed by atoms with Gasteiger partial charge in [0.15, 0.2) is 9.84 Å². The monoisotopic (exact) mass is 490 g/mol. The lowest BCUT2D eigenvalue weighted by Gasteiger charge is -2.12. The number of aryl methyl sites for hydroxylation is 1. The molecule has 0 bridgehead atoms. The molecule has 0 aliphatic carbocycles. The van der Waals surface area contributed by atoms with Crippen LogP contribution in [0.1, 0.15) is 21.1 Å². The highest BCUT2D eigenvalue weighted by atomic mass is 32.2. The normalized spacial score (nSPS) is 11.1. The molecule has 0 aliphatic heterocycles. The molecule has 0 spiro atoms. The second kappa shape index (κ2) is 10.4. The first-order chi connectivity index (χ1) is 15.6. The lowest BCUT2D eigenvalue weighted by atomic mass is 10.2. The summed E-state index contributed by atoms with van der Waals surface area (Å²) >= 11 is 1.52. The van der Waals surface area contributed by atoms with Crippen LogP contribution in [0.3, 0.4) is 0 Å². The number of hydrogen-bond donors (Lipinski definition) is 2. The van der Waals surface area contributed by atoms with Crippen molar-refractivity contribution in [2.45, 2.75) is 18.4 Å². The molecule has 1 amide bonds. The van der Waals surface area contributed by atoms with E-state index in [2.05, 4.69) is 15.6 Å². The minimum atomic E-state index is -3.57. The van der Waals surface area contributed by atoms with Crippen LogP contribution in [0, 0.1) is 17.0 Å². The highest BCUT2D eigenvalue weighted by Crippen LogP contribution is 2.27. The van der Waals surface area contributed by atoms with E-state index in [1.54, 1.807) is 24.3 Å². The van der Waals surface area contributed by atoms with Crippen LogP contribution in [0.5, 0.6) is 5.75 Å². The number of nitrogens with one attached hydrogen (secondary N) is 2. The molecule has 33 heavy (non-hydrogen) atoms. The zero-order valence-corrected chi connectivity index (χ0v) is 19.5. The van der Waals surface area contributed by atoms with Crippen LogP contribution < -0.4 is 15.4 Å². The van der Waals surface area contributed by atoms with E-state index in [4.69, 9.17) is 4.74 Å². The van der Waals surface area contributed by atoms with Crippen LogP contribution in [0.15, 0.2) is 52.7 Å². The highest BCUT2D eigenvalue weighted by Gasteiger charge is 2.19. The van der Waals surface area contributed by atoms with Crippen molar-refractivity contribution in [3.05, 3.63) is 74.2 Å². The maximum atomic E-state index is 12.6. The fourth-order valence-corrected chi connectivity index (χ4v) is 4.16. The molecule has 3 aromatic rings. The number of aromatic nitrogens is 1. The molecular formula is C21H22N4O6S2. The standard InChI is InChI=1S/C21H22N4O6S2/c1-14-24-15(13-32-14)12-31-20-6-4-3-5-17(20)21(26)23-10-9-22-18-8-7-16(33(2,29)30)11-19(18)25(27)28/h3-8,11,13,22H,9-10,12H2,1-2H3,(H,23,26). The molecule has 10 nitrogen and oxygen atoms in total. The maximum absolute atomic E-state index is 12.6. The molecule has 174 valence electrons. The van der Waals surface area contributed by atoms with Gasteiger partial charge in [-0.25, -0.2) is 13.4 Å². The smallest absolute Gasteiger partial charge is 0.293 e. The Morgan fingerprint density at radius 1 is 1.21 bits per heavy atom. The van der Waals surface area contributed by atoms with Gasteiger partial charge in [-0.05, 0) is 31.2 Å². The first-order valence-corrected chi connectivity index (χ1v) is 12.6. The third-order valence-corrected chi connectivity index (χ3v) is 6.43. The number of ether oxygens (including phenoxy) is 1. The summed E-state index contributed by atoms with van der Waals surface area (Å²) in [4.78, 5) is 27.5. The molecule has 0 atom stereocenters. The van der Waals surface area contributed by atoms with Crippen molar-refractivity contribution in [2.75, 3.05) is 24.7 Å². The van der Waals surface area contributed by atoms with Crippen molar-refractivity contribution in [1.82, 2.24) is 10.3 Å². The van der Waals surface area contributed by atoms with E-state index in [1.807, 2.05) is 12.3 Å². The van der Waals surface area contributed by atoms with Crippen molar-refractivity contribution in [3.63, 3.8) is 0 Å².